The second kappa shape index (κ2) is 9.48. The van der Waals surface area contributed by atoms with Gasteiger partial charge in [0.1, 0.15) is 10.6 Å². The predicted octanol–water partition coefficient (Wildman–Crippen LogP) is 5.06. The van der Waals surface area contributed by atoms with Crippen LogP contribution in [0.2, 0.25) is 0 Å². The van der Waals surface area contributed by atoms with Crippen molar-refractivity contribution in [1.82, 2.24) is 9.97 Å². The zero-order valence-electron chi connectivity index (χ0n) is 18.3. The molecule has 2 heterocycles. The first-order valence-corrected chi connectivity index (χ1v) is 11.8. The van der Waals surface area contributed by atoms with Gasteiger partial charge in [0.2, 0.25) is 5.88 Å². The fourth-order valence-electron chi connectivity index (χ4n) is 3.72. The first-order chi connectivity index (χ1) is 14.6. The number of nitrogens with one attached hydrogen (secondary N) is 2. The van der Waals surface area contributed by atoms with Crippen molar-refractivity contribution in [2.45, 2.75) is 59.8 Å². The standard InChI is InChI=1S/C22H29N3O4S2/c1-5-6-9-29-20(28)16-13-8-7-12(22(2,3)4)10-15(13)31-19(16)23-11-14-17(26)24-21(30)25-18(14)27/h11-12H,5-10H2,1-4H3,(H3,24,25,26,27,30)/t12-/m0/s1. The number of unbranched alkanes of at least 4 members (excludes halogenated alkanes) is 1. The molecular weight excluding hydrogens is 434 g/mol. The summed E-state index contributed by atoms with van der Waals surface area (Å²) in [6, 6.07) is 0. The maximum absolute atomic E-state index is 12.9. The summed E-state index contributed by atoms with van der Waals surface area (Å²) in [6.07, 6.45) is 5.69. The van der Waals surface area contributed by atoms with E-state index < -0.39 is 5.56 Å². The van der Waals surface area contributed by atoms with Crippen LogP contribution in [0.1, 0.15) is 73.3 Å². The molecule has 3 rings (SSSR count). The molecule has 9 heteroatoms. The van der Waals surface area contributed by atoms with Gasteiger partial charge in [-0.05, 0) is 54.8 Å². The van der Waals surface area contributed by atoms with Crippen LogP contribution in [0.5, 0.6) is 5.88 Å². The van der Waals surface area contributed by atoms with Crippen LogP contribution in [0, 0.1) is 16.1 Å². The fourth-order valence-corrected chi connectivity index (χ4v) is 5.17. The first kappa shape index (κ1) is 23.4. The van der Waals surface area contributed by atoms with Gasteiger partial charge in [0, 0.05) is 11.1 Å². The average molecular weight is 464 g/mol. The molecule has 0 unspecified atom stereocenters. The Morgan fingerprint density at radius 2 is 2.13 bits per heavy atom. The summed E-state index contributed by atoms with van der Waals surface area (Å²) in [4.78, 5) is 35.5. The minimum Gasteiger partial charge on any atom is -0.494 e. The van der Waals surface area contributed by atoms with E-state index >= 15 is 0 Å². The molecule has 2 aromatic rings. The van der Waals surface area contributed by atoms with E-state index in [-0.39, 0.29) is 27.6 Å². The van der Waals surface area contributed by atoms with Crippen molar-refractivity contribution in [3.8, 4) is 5.88 Å². The van der Waals surface area contributed by atoms with Crippen LogP contribution in [0.3, 0.4) is 0 Å². The maximum Gasteiger partial charge on any atom is 0.341 e. The van der Waals surface area contributed by atoms with Gasteiger partial charge in [0.05, 0.1) is 12.2 Å². The minimum atomic E-state index is -0.550. The lowest BCUT2D eigenvalue weighted by Crippen LogP contribution is -2.26. The Morgan fingerprint density at radius 1 is 1.39 bits per heavy atom. The highest BCUT2D eigenvalue weighted by Gasteiger charge is 2.34. The van der Waals surface area contributed by atoms with Crippen molar-refractivity contribution in [3.63, 3.8) is 0 Å². The zero-order chi connectivity index (χ0) is 22.8. The lowest BCUT2D eigenvalue weighted by Gasteiger charge is -2.33. The molecule has 1 atom stereocenters. The molecule has 1 aliphatic rings. The number of esters is 1. The first-order valence-electron chi connectivity index (χ1n) is 10.5. The van der Waals surface area contributed by atoms with Gasteiger partial charge in [0.25, 0.3) is 5.56 Å². The highest BCUT2D eigenvalue weighted by atomic mass is 32.1. The second-order valence-corrected chi connectivity index (χ2v) is 10.4. The SMILES string of the molecule is CCCCOC(=O)c1c(N=Cc2c(O)[nH]c(=S)[nH]c2=O)sc2c1CC[C@H](C(C)(C)C)C2. The molecule has 7 nitrogen and oxygen atoms in total. The normalized spacial score (nSPS) is 16.5. The van der Waals surface area contributed by atoms with Crippen LogP contribution >= 0.6 is 23.6 Å². The maximum atomic E-state index is 12.9. The van der Waals surface area contributed by atoms with E-state index in [9.17, 15) is 14.7 Å². The molecule has 0 bridgehead atoms. The number of aromatic amines is 2. The lowest BCUT2D eigenvalue weighted by atomic mass is 9.72. The minimum absolute atomic E-state index is 0.0275. The Morgan fingerprint density at radius 3 is 2.77 bits per heavy atom. The number of aromatic nitrogens is 2. The van der Waals surface area contributed by atoms with Crippen molar-refractivity contribution in [2.24, 2.45) is 16.3 Å². The number of carbonyl (C=O) groups is 1. The summed E-state index contributed by atoms with van der Waals surface area (Å²) in [5.74, 6) is -0.225. The van der Waals surface area contributed by atoms with E-state index in [4.69, 9.17) is 17.0 Å². The van der Waals surface area contributed by atoms with Gasteiger partial charge in [-0.2, -0.15) is 0 Å². The van der Waals surface area contributed by atoms with Crippen molar-refractivity contribution in [3.05, 3.63) is 36.7 Å². The van der Waals surface area contributed by atoms with Gasteiger partial charge in [-0.25, -0.2) is 9.79 Å². The summed E-state index contributed by atoms with van der Waals surface area (Å²) in [7, 11) is 0. The number of H-pyrrole nitrogens is 2. The Balaban J connectivity index is 2.01. The van der Waals surface area contributed by atoms with Crippen LogP contribution in [-0.2, 0) is 17.6 Å². The topological polar surface area (TPSA) is 108 Å². The predicted molar refractivity (Wildman–Crippen MR) is 126 cm³/mol. The lowest BCUT2D eigenvalue weighted by molar-refractivity contribution is 0.0499. The summed E-state index contributed by atoms with van der Waals surface area (Å²) in [5, 5.41) is 10.5. The van der Waals surface area contributed by atoms with E-state index in [1.54, 1.807) is 0 Å². The molecule has 168 valence electrons. The van der Waals surface area contributed by atoms with E-state index in [1.165, 1.54) is 17.6 Å². The number of aromatic hydroxyl groups is 1. The number of rotatable bonds is 6. The zero-order valence-corrected chi connectivity index (χ0v) is 20.0. The summed E-state index contributed by atoms with van der Waals surface area (Å²) >= 11 is 6.31. The summed E-state index contributed by atoms with van der Waals surface area (Å²) in [5.41, 5.74) is 1.07. The number of ether oxygens (including phenoxy) is 1. The van der Waals surface area contributed by atoms with Gasteiger partial charge >= 0.3 is 5.97 Å². The Bertz CT molecular complexity index is 1110. The number of thiophene rings is 1. The molecule has 0 aliphatic heterocycles. The summed E-state index contributed by atoms with van der Waals surface area (Å²) in [6.45, 7) is 9.12. The number of fused-ring (bicyclic) bond motifs is 1. The van der Waals surface area contributed by atoms with Crippen molar-refractivity contribution >= 4 is 40.7 Å². The van der Waals surface area contributed by atoms with E-state index in [0.29, 0.717) is 23.1 Å². The van der Waals surface area contributed by atoms with Crippen LogP contribution in [0.4, 0.5) is 5.00 Å². The number of aliphatic imine (C=N–C) groups is 1. The highest BCUT2D eigenvalue weighted by molar-refractivity contribution is 7.71. The highest BCUT2D eigenvalue weighted by Crippen LogP contribution is 2.45. The van der Waals surface area contributed by atoms with Crippen molar-refractivity contribution < 1.29 is 14.6 Å². The molecule has 0 radical (unpaired) electrons. The molecule has 0 aromatic carbocycles. The fraction of sp³-hybridized carbons (Fsp3) is 0.545. The van der Waals surface area contributed by atoms with Crippen LogP contribution in [-0.4, -0.2) is 33.9 Å². The Kier molecular flexibility index (Phi) is 7.16. The smallest absolute Gasteiger partial charge is 0.341 e. The molecule has 3 N–H and O–H groups in total. The quantitative estimate of drug-likeness (QED) is 0.240. The molecule has 2 aromatic heterocycles. The average Bonchev–Trinajstić information content (AvgIpc) is 3.04. The van der Waals surface area contributed by atoms with Crippen LogP contribution in [0.15, 0.2) is 9.79 Å². The molecule has 0 fully saturated rings. The molecular formula is C22H29N3O4S2. The van der Waals surface area contributed by atoms with Crippen LogP contribution in [0.25, 0.3) is 0 Å². The van der Waals surface area contributed by atoms with E-state index in [0.717, 1.165) is 42.5 Å². The molecule has 1 aliphatic carbocycles. The molecule has 31 heavy (non-hydrogen) atoms. The Labute approximate surface area is 190 Å². The number of hydrogen-bond donors (Lipinski definition) is 3. The third-order valence-electron chi connectivity index (χ3n) is 5.68. The molecule has 0 spiro atoms. The molecule has 0 amide bonds. The number of nitrogens with zero attached hydrogens (tertiary/aromatic N) is 1. The summed E-state index contributed by atoms with van der Waals surface area (Å²) < 4.78 is 5.53. The molecule has 0 saturated heterocycles. The van der Waals surface area contributed by atoms with Crippen molar-refractivity contribution in [2.75, 3.05) is 6.61 Å². The molecule has 0 saturated carbocycles. The third-order valence-corrected chi connectivity index (χ3v) is 7.04. The Hall–Kier alpha value is -2.26. The van der Waals surface area contributed by atoms with Crippen molar-refractivity contribution in [1.29, 1.82) is 0 Å². The number of carbonyl (C=O) groups excluding carboxylic acids is 1. The van der Waals surface area contributed by atoms with Gasteiger partial charge in [-0.15, -0.1) is 11.3 Å². The van der Waals surface area contributed by atoms with Crippen LogP contribution < -0.4 is 5.56 Å². The van der Waals surface area contributed by atoms with Gasteiger partial charge in [-0.1, -0.05) is 34.1 Å². The second-order valence-electron chi connectivity index (χ2n) is 8.91. The van der Waals surface area contributed by atoms with Gasteiger partial charge in [0.15, 0.2) is 4.77 Å². The van der Waals surface area contributed by atoms with E-state index in [2.05, 4.69) is 35.7 Å². The number of hydrogen-bond acceptors (Lipinski definition) is 7. The van der Waals surface area contributed by atoms with E-state index in [1.807, 2.05) is 6.92 Å². The largest absolute Gasteiger partial charge is 0.494 e. The van der Waals surface area contributed by atoms with Gasteiger partial charge < -0.3 is 14.8 Å². The van der Waals surface area contributed by atoms with Gasteiger partial charge in [-0.3, -0.25) is 9.78 Å². The third kappa shape index (κ3) is 5.33. The monoisotopic (exact) mass is 463 g/mol.